The quantitative estimate of drug-likeness (QED) is 0.361. The number of hydrogen-bond acceptors (Lipinski definition) is 5. The van der Waals surface area contributed by atoms with Crippen molar-refractivity contribution in [2.45, 2.75) is 111 Å². The Morgan fingerprint density at radius 2 is 1.58 bits per heavy atom. The maximum atomic E-state index is 12.8. The normalized spacial score (nSPS) is 55.9. The molecule has 0 aromatic heterocycles. The van der Waals surface area contributed by atoms with Crippen molar-refractivity contribution in [3.05, 3.63) is 11.6 Å². The van der Waals surface area contributed by atoms with Crippen LogP contribution < -0.4 is 0 Å². The minimum atomic E-state index is -1.13. The van der Waals surface area contributed by atoms with Crippen LogP contribution in [0.3, 0.4) is 0 Å². The fourth-order valence-electron chi connectivity index (χ4n) is 10.7. The lowest BCUT2D eigenvalue weighted by Gasteiger charge is -2.72. The summed E-state index contributed by atoms with van der Waals surface area (Å²) in [6, 6.07) is 0. The molecule has 5 rings (SSSR count). The molecule has 0 radical (unpaired) electrons. The first-order valence-electron chi connectivity index (χ1n) is 14.1. The Labute approximate surface area is 216 Å². The molecule has 5 aliphatic carbocycles. The van der Waals surface area contributed by atoms with Crippen molar-refractivity contribution in [1.29, 1.82) is 0 Å². The third kappa shape index (κ3) is 2.96. The summed E-state index contributed by atoms with van der Waals surface area (Å²) in [5.41, 5.74) is -1.68. The summed E-state index contributed by atoms with van der Waals surface area (Å²) in [7, 11) is 0. The van der Waals surface area contributed by atoms with Crippen molar-refractivity contribution < 1.29 is 30.3 Å². The fourth-order valence-corrected chi connectivity index (χ4v) is 10.7. The van der Waals surface area contributed by atoms with Crippen LogP contribution in [0.25, 0.3) is 0 Å². The zero-order valence-corrected chi connectivity index (χ0v) is 23.0. The Hall–Kier alpha value is -0.950. The highest BCUT2D eigenvalue weighted by atomic mass is 16.4. The van der Waals surface area contributed by atoms with Gasteiger partial charge in [-0.1, -0.05) is 53.2 Å². The maximum absolute atomic E-state index is 12.8. The van der Waals surface area contributed by atoms with E-state index >= 15 is 0 Å². The van der Waals surface area contributed by atoms with Gasteiger partial charge in [0.05, 0.1) is 24.9 Å². The largest absolute Gasteiger partial charge is 0.481 e. The van der Waals surface area contributed by atoms with Crippen molar-refractivity contribution in [2.24, 2.45) is 50.2 Å². The number of carboxylic acid groups (broad SMARTS) is 1. The molecule has 4 fully saturated rings. The second-order valence-corrected chi connectivity index (χ2v) is 15.1. The van der Waals surface area contributed by atoms with Crippen molar-refractivity contribution in [2.75, 3.05) is 6.61 Å². The van der Waals surface area contributed by atoms with Crippen LogP contribution in [0.5, 0.6) is 0 Å². The molecular formula is C30H48O6. The number of fused-ring (bicyclic) bond motifs is 7. The topological polar surface area (TPSA) is 118 Å². The molecule has 204 valence electrons. The van der Waals surface area contributed by atoms with Crippen LogP contribution in [-0.2, 0) is 4.79 Å². The minimum absolute atomic E-state index is 0.0163. The van der Waals surface area contributed by atoms with Crippen LogP contribution >= 0.6 is 0 Å². The first-order valence-corrected chi connectivity index (χ1v) is 14.1. The molecule has 6 heteroatoms. The molecule has 5 N–H and O–H groups in total. The van der Waals surface area contributed by atoms with Gasteiger partial charge in [0.25, 0.3) is 0 Å². The smallest absolute Gasteiger partial charge is 0.312 e. The molecule has 0 aliphatic heterocycles. The highest BCUT2D eigenvalue weighted by molar-refractivity contribution is 5.77. The highest BCUT2D eigenvalue weighted by Gasteiger charge is 2.72. The van der Waals surface area contributed by atoms with Crippen LogP contribution in [0, 0.1) is 50.2 Å². The van der Waals surface area contributed by atoms with Crippen LogP contribution in [0.4, 0.5) is 0 Å². The van der Waals surface area contributed by atoms with Gasteiger partial charge in [-0.15, -0.1) is 0 Å². The first kappa shape index (κ1) is 26.6. The van der Waals surface area contributed by atoms with E-state index in [4.69, 9.17) is 0 Å². The predicted molar refractivity (Wildman–Crippen MR) is 137 cm³/mol. The van der Waals surface area contributed by atoms with Gasteiger partial charge in [-0.05, 0) is 78.9 Å². The number of carboxylic acids is 1. The lowest BCUT2D eigenvalue weighted by molar-refractivity contribution is -0.258. The van der Waals surface area contributed by atoms with Gasteiger partial charge in [0.2, 0.25) is 0 Å². The number of aliphatic hydroxyl groups excluding tert-OH is 4. The molecular weight excluding hydrogens is 456 g/mol. The summed E-state index contributed by atoms with van der Waals surface area (Å²) in [5, 5.41) is 55.1. The van der Waals surface area contributed by atoms with Gasteiger partial charge in [0, 0.05) is 17.3 Å². The van der Waals surface area contributed by atoms with Gasteiger partial charge in [-0.25, -0.2) is 0 Å². The second-order valence-electron chi connectivity index (χ2n) is 15.1. The summed E-state index contributed by atoms with van der Waals surface area (Å²) in [6.07, 6.45) is 5.09. The Bertz CT molecular complexity index is 974. The predicted octanol–water partition coefficient (Wildman–Crippen LogP) is 4.15. The minimum Gasteiger partial charge on any atom is -0.481 e. The Balaban J connectivity index is 1.65. The molecule has 0 aromatic carbocycles. The molecule has 0 heterocycles. The SMILES string of the molecule is CC1(C)CC[C@]2(C(=O)O)[C@H](O)C[C@]3(C)C(=CC[C@@H]4[C@@]5(C)[C@@H](O)C[C@H](O)[C@@](C)(CO)[C@@H]5CC[C@]43C)[C@H]2C1. The number of hydrogen-bond donors (Lipinski definition) is 5. The molecule has 0 bridgehead atoms. The van der Waals surface area contributed by atoms with Gasteiger partial charge in [0.15, 0.2) is 0 Å². The molecule has 4 saturated carbocycles. The van der Waals surface area contributed by atoms with Crippen LogP contribution in [0.15, 0.2) is 11.6 Å². The number of allylic oxidation sites excluding steroid dienone is 2. The average Bonchev–Trinajstić information content (AvgIpc) is 2.78. The van der Waals surface area contributed by atoms with Gasteiger partial charge in [-0.3, -0.25) is 4.79 Å². The van der Waals surface area contributed by atoms with Crippen LogP contribution in [0.2, 0.25) is 0 Å². The van der Waals surface area contributed by atoms with E-state index in [1.54, 1.807) is 0 Å². The number of carbonyl (C=O) groups is 1. The van der Waals surface area contributed by atoms with Gasteiger partial charge in [-0.2, -0.15) is 0 Å². The Kier molecular flexibility index (Phi) is 5.77. The Morgan fingerprint density at radius 1 is 0.917 bits per heavy atom. The van der Waals surface area contributed by atoms with E-state index in [0.717, 1.165) is 32.1 Å². The van der Waals surface area contributed by atoms with E-state index in [-0.39, 0.29) is 47.0 Å². The lowest BCUT2D eigenvalue weighted by Crippen LogP contribution is -2.70. The molecule has 0 unspecified atom stereocenters. The van der Waals surface area contributed by atoms with E-state index < -0.39 is 40.5 Å². The zero-order chi connectivity index (χ0) is 26.7. The molecule has 0 saturated heterocycles. The summed E-state index contributed by atoms with van der Waals surface area (Å²) < 4.78 is 0. The average molecular weight is 505 g/mol. The molecule has 11 atom stereocenters. The third-order valence-corrected chi connectivity index (χ3v) is 13.3. The standard InChI is InChI=1S/C30H48O6/c1-25(2)11-12-30(24(35)36)18(14-25)17-7-8-20-27(4,28(17,5)15-23(30)34)10-9-19-26(3,16-31)21(32)13-22(33)29(19,20)6/h7,18-23,31-34H,8-16H2,1-6H3,(H,35,36)/t18-,19+,20+,21+,22+,23-,26+,27-,28-,29+,30-/m1/s1. The van der Waals surface area contributed by atoms with E-state index in [1.165, 1.54) is 5.57 Å². The number of aliphatic hydroxyl groups is 4. The highest BCUT2D eigenvalue weighted by Crippen LogP contribution is 2.75. The molecule has 0 spiro atoms. The van der Waals surface area contributed by atoms with Crippen molar-refractivity contribution in [3.8, 4) is 0 Å². The molecule has 6 nitrogen and oxygen atoms in total. The van der Waals surface area contributed by atoms with Crippen LogP contribution in [0.1, 0.15) is 92.9 Å². The van der Waals surface area contributed by atoms with Crippen molar-refractivity contribution in [3.63, 3.8) is 0 Å². The van der Waals surface area contributed by atoms with Gasteiger partial charge >= 0.3 is 5.97 Å². The summed E-state index contributed by atoms with van der Waals surface area (Å²) in [6.45, 7) is 13.0. The number of aliphatic carboxylic acids is 1. The summed E-state index contributed by atoms with van der Waals surface area (Å²) in [5.74, 6) is -0.981. The monoisotopic (exact) mass is 504 g/mol. The molecule has 5 aliphatic rings. The van der Waals surface area contributed by atoms with Crippen molar-refractivity contribution in [1.82, 2.24) is 0 Å². The molecule has 0 aromatic rings. The van der Waals surface area contributed by atoms with Crippen molar-refractivity contribution >= 4 is 5.97 Å². The summed E-state index contributed by atoms with van der Waals surface area (Å²) in [4.78, 5) is 12.8. The summed E-state index contributed by atoms with van der Waals surface area (Å²) >= 11 is 0. The molecule has 36 heavy (non-hydrogen) atoms. The van der Waals surface area contributed by atoms with E-state index in [0.29, 0.717) is 12.8 Å². The van der Waals surface area contributed by atoms with Crippen LogP contribution in [-0.4, -0.2) is 56.4 Å². The fraction of sp³-hybridized carbons (Fsp3) is 0.900. The Morgan fingerprint density at radius 3 is 2.19 bits per heavy atom. The van der Waals surface area contributed by atoms with E-state index in [2.05, 4.69) is 40.7 Å². The second kappa shape index (κ2) is 7.80. The van der Waals surface area contributed by atoms with Gasteiger partial charge < -0.3 is 25.5 Å². The van der Waals surface area contributed by atoms with E-state index in [9.17, 15) is 30.3 Å². The lowest BCUT2D eigenvalue weighted by atomic mass is 9.33. The third-order valence-electron chi connectivity index (χ3n) is 13.3. The van der Waals surface area contributed by atoms with E-state index in [1.807, 2.05) is 6.92 Å². The molecule has 0 amide bonds. The number of rotatable bonds is 2. The zero-order valence-electron chi connectivity index (χ0n) is 23.0. The first-order chi connectivity index (χ1) is 16.5. The maximum Gasteiger partial charge on any atom is 0.312 e. The van der Waals surface area contributed by atoms with Gasteiger partial charge in [0.1, 0.15) is 5.41 Å².